The number of nitrogens with one attached hydrogen (secondary N) is 3. The summed E-state index contributed by atoms with van der Waals surface area (Å²) >= 11 is 3.01. The second kappa shape index (κ2) is 20.2. The van der Waals surface area contributed by atoms with E-state index in [4.69, 9.17) is 4.74 Å². The smallest absolute Gasteiger partial charge is 0.407 e. The summed E-state index contributed by atoms with van der Waals surface area (Å²) in [6, 6.07) is 21.8. The van der Waals surface area contributed by atoms with Gasteiger partial charge in [0.05, 0.1) is 27.6 Å². The van der Waals surface area contributed by atoms with E-state index in [0.717, 1.165) is 32.3 Å². The van der Waals surface area contributed by atoms with E-state index in [2.05, 4.69) is 44.7 Å². The highest BCUT2D eigenvalue weighted by atomic mass is 32.1. The molecule has 0 saturated heterocycles. The van der Waals surface area contributed by atoms with E-state index in [0.29, 0.717) is 38.1 Å². The number of carbonyl (C=O) groups is 3. The maximum Gasteiger partial charge on any atom is 0.407 e. The van der Waals surface area contributed by atoms with Crippen LogP contribution in [0.1, 0.15) is 64.9 Å². The van der Waals surface area contributed by atoms with Crippen LogP contribution in [0.15, 0.2) is 102 Å². The predicted octanol–water partition coefficient (Wildman–Crippen LogP) is 6.92. The maximum absolute atomic E-state index is 14.2. The molecule has 5 rings (SSSR count). The number of alkyl carbamates (subject to hydrolysis) is 1. The van der Waals surface area contributed by atoms with Crippen LogP contribution < -0.4 is 16.0 Å². The van der Waals surface area contributed by atoms with Crippen molar-refractivity contribution in [1.82, 2.24) is 35.8 Å². The first-order chi connectivity index (χ1) is 25.7. The largest absolute Gasteiger partial charge is 0.444 e. The zero-order chi connectivity index (χ0) is 37.4. The summed E-state index contributed by atoms with van der Waals surface area (Å²) in [7, 11) is 1.70. The van der Waals surface area contributed by atoms with Crippen LogP contribution >= 0.6 is 22.7 Å². The van der Waals surface area contributed by atoms with E-state index >= 15 is 0 Å². The van der Waals surface area contributed by atoms with E-state index in [1.807, 2.05) is 78.2 Å². The molecule has 53 heavy (non-hydrogen) atoms. The van der Waals surface area contributed by atoms with Gasteiger partial charge in [0.2, 0.25) is 5.91 Å². The lowest BCUT2D eigenvalue weighted by molar-refractivity contribution is -0.123. The molecule has 3 N–H and O–H groups in total. The number of benzene rings is 2. The quantitative estimate of drug-likeness (QED) is 0.0884. The van der Waals surface area contributed by atoms with E-state index in [9.17, 15) is 14.4 Å². The van der Waals surface area contributed by atoms with Gasteiger partial charge in [0, 0.05) is 55.4 Å². The zero-order valence-corrected chi connectivity index (χ0v) is 31.9. The van der Waals surface area contributed by atoms with Gasteiger partial charge in [0.25, 0.3) is 0 Å². The first kappa shape index (κ1) is 39.1. The van der Waals surface area contributed by atoms with E-state index < -0.39 is 12.1 Å². The molecular formula is C40H47N7O4S2. The molecule has 0 aliphatic rings. The number of urea groups is 1. The van der Waals surface area contributed by atoms with Crippen LogP contribution in [0.25, 0.3) is 0 Å². The molecule has 3 aromatic heterocycles. The fraction of sp³-hybridized carbons (Fsp3) is 0.350. The Morgan fingerprint density at radius 2 is 1.40 bits per heavy atom. The second-order valence-electron chi connectivity index (χ2n) is 13.3. The summed E-state index contributed by atoms with van der Waals surface area (Å²) in [5.74, 6) is 0.00864. The fourth-order valence-electron chi connectivity index (χ4n) is 5.81. The van der Waals surface area contributed by atoms with Crippen molar-refractivity contribution in [2.45, 2.75) is 83.1 Å². The summed E-state index contributed by atoms with van der Waals surface area (Å²) in [5, 5.41) is 12.3. The van der Waals surface area contributed by atoms with Gasteiger partial charge < -0.3 is 25.6 Å². The molecule has 0 saturated carbocycles. The van der Waals surface area contributed by atoms with E-state index in [1.54, 1.807) is 47.4 Å². The molecule has 11 nitrogen and oxygen atoms in total. The number of thiazole rings is 2. The molecule has 0 radical (unpaired) electrons. The highest BCUT2D eigenvalue weighted by molar-refractivity contribution is 7.09. The van der Waals surface area contributed by atoms with Crippen LogP contribution in [0.3, 0.4) is 0 Å². The van der Waals surface area contributed by atoms with Crippen molar-refractivity contribution in [2.24, 2.45) is 0 Å². The highest BCUT2D eigenvalue weighted by Crippen LogP contribution is 2.20. The number of pyridine rings is 1. The first-order valence-corrected chi connectivity index (χ1v) is 19.5. The average Bonchev–Trinajstić information content (AvgIpc) is 3.87. The number of amides is 4. The third-order valence-corrected chi connectivity index (χ3v) is 10.6. The third kappa shape index (κ3) is 13.1. The Labute approximate surface area is 319 Å². The summed E-state index contributed by atoms with van der Waals surface area (Å²) in [6.45, 7) is 4.64. The molecule has 0 spiro atoms. The van der Waals surface area contributed by atoms with E-state index in [1.165, 1.54) is 11.3 Å². The summed E-state index contributed by atoms with van der Waals surface area (Å²) in [5.41, 5.74) is 5.51. The molecule has 3 atom stereocenters. The van der Waals surface area contributed by atoms with Gasteiger partial charge in [-0.1, -0.05) is 74.5 Å². The van der Waals surface area contributed by atoms with Crippen molar-refractivity contribution >= 4 is 40.7 Å². The van der Waals surface area contributed by atoms with Gasteiger partial charge in [-0.2, -0.15) is 0 Å². The number of hydrogen-bond donors (Lipinski definition) is 3. The number of rotatable bonds is 18. The predicted molar refractivity (Wildman–Crippen MR) is 209 cm³/mol. The van der Waals surface area contributed by atoms with Gasteiger partial charge in [-0.25, -0.2) is 14.6 Å². The second-order valence-corrected chi connectivity index (χ2v) is 15.2. The van der Waals surface area contributed by atoms with Crippen LogP contribution in [-0.4, -0.2) is 63.1 Å². The Balaban J connectivity index is 1.30. The van der Waals surface area contributed by atoms with Crippen molar-refractivity contribution in [3.05, 3.63) is 135 Å². The fourth-order valence-corrected chi connectivity index (χ4v) is 7.14. The number of ether oxygens (including phenoxy) is 1. The molecule has 0 fully saturated rings. The number of nitrogens with zero attached hydrogens (tertiary/aromatic N) is 4. The van der Waals surface area contributed by atoms with Gasteiger partial charge in [0.1, 0.15) is 12.6 Å². The lowest BCUT2D eigenvalue weighted by Crippen LogP contribution is -2.53. The maximum atomic E-state index is 14.2. The van der Waals surface area contributed by atoms with Crippen LogP contribution in [0.2, 0.25) is 0 Å². The minimum Gasteiger partial charge on any atom is -0.444 e. The minimum absolute atomic E-state index is 0.143. The average molecular weight is 754 g/mol. The summed E-state index contributed by atoms with van der Waals surface area (Å²) in [6.07, 6.45) is 7.09. The Bertz CT molecular complexity index is 1840. The lowest BCUT2D eigenvalue weighted by Gasteiger charge is -2.27. The van der Waals surface area contributed by atoms with E-state index in [-0.39, 0.29) is 37.0 Å². The third-order valence-electron chi connectivity index (χ3n) is 8.62. The standard InChI is InChI=1S/C40H47N7O4S2/c1-28(2)38-44-34(26-52-38)24-47(3)39(49)46-36(22-31-16-18-41-19-17-31)37(48)43-32(20-29-10-6-4-7-11-29)14-15-33(21-30-12-8-5-9-13-30)45-40(50)51-25-35-23-42-27-53-35/h4-13,16-19,23,26-28,32-33,36H,14-15,20-22,24-25H2,1-3H3,(H,43,48)(H,45,50)(H,46,49). The Hall–Kier alpha value is -5.14. The van der Waals surface area contributed by atoms with Crippen molar-refractivity contribution < 1.29 is 19.1 Å². The molecule has 3 heterocycles. The number of aromatic nitrogens is 3. The molecule has 278 valence electrons. The van der Waals surface area contributed by atoms with Gasteiger partial charge in [0.15, 0.2) is 0 Å². The summed E-state index contributed by atoms with van der Waals surface area (Å²) < 4.78 is 5.51. The van der Waals surface area contributed by atoms with Crippen LogP contribution in [0.5, 0.6) is 0 Å². The molecule has 0 aliphatic carbocycles. The molecule has 5 aromatic rings. The van der Waals surface area contributed by atoms with Crippen molar-refractivity contribution in [3.8, 4) is 0 Å². The molecule has 4 amide bonds. The first-order valence-electron chi connectivity index (χ1n) is 17.8. The summed E-state index contributed by atoms with van der Waals surface area (Å²) in [4.78, 5) is 55.9. The number of carbonyl (C=O) groups excluding carboxylic acids is 3. The van der Waals surface area contributed by atoms with Gasteiger partial charge in [-0.15, -0.1) is 22.7 Å². The number of hydrogen-bond acceptors (Lipinski definition) is 9. The normalized spacial score (nSPS) is 12.8. The van der Waals surface area contributed by atoms with Crippen molar-refractivity contribution in [3.63, 3.8) is 0 Å². The highest BCUT2D eigenvalue weighted by Gasteiger charge is 2.27. The zero-order valence-electron chi connectivity index (χ0n) is 30.3. The van der Waals surface area contributed by atoms with Crippen LogP contribution in [-0.2, 0) is 41.9 Å². The Kier molecular flexibility index (Phi) is 14.9. The molecule has 13 heteroatoms. The monoisotopic (exact) mass is 753 g/mol. The molecule has 2 aromatic carbocycles. The van der Waals surface area contributed by atoms with Gasteiger partial charge in [-0.05, 0) is 54.5 Å². The minimum atomic E-state index is -0.854. The molecule has 0 bridgehead atoms. The molecule has 0 aliphatic heterocycles. The van der Waals surface area contributed by atoms with Crippen molar-refractivity contribution in [2.75, 3.05) is 7.05 Å². The SMILES string of the molecule is CC(C)c1nc(CN(C)C(=O)NC(Cc2ccncc2)C(=O)NC(CCC(Cc2ccccc2)NC(=O)OCc2cncs2)Cc2ccccc2)cs1. The van der Waals surface area contributed by atoms with Crippen molar-refractivity contribution in [1.29, 1.82) is 0 Å². The van der Waals surface area contributed by atoms with Crippen LogP contribution in [0, 0.1) is 0 Å². The molecule has 3 unspecified atom stereocenters. The van der Waals surface area contributed by atoms with Crippen LogP contribution in [0.4, 0.5) is 9.59 Å². The Morgan fingerprint density at radius 3 is 1.98 bits per heavy atom. The van der Waals surface area contributed by atoms with Gasteiger partial charge in [-0.3, -0.25) is 14.8 Å². The topological polar surface area (TPSA) is 138 Å². The lowest BCUT2D eigenvalue weighted by atomic mass is 9.95. The Morgan fingerprint density at radius 1 is 0.774 bits per heavy atom. The molecular weight excluding hydrogens is 707 g/mol. The van der Waals surface area contributed by atoms with Gasteiger partial charge >= 0.3 is 12.1 Å².